The molecule has 2 aromatic heterocycles. The number of nitrogens with one attached hydrogen (secondary N) is 2. The Labute approximate surface area is 218 Å². The first kappa shape index (κ1) is 25.9. The zero-order valence-corrected chi connectivity index (χ0v) is 21.5. The maximum Gasteiger partial charge on any atom is 0.417 e. The molecule has 2 N–H and O–H groups in total. The van der Waals surface area contributed by atoms with Crippen LogP contribution in [0.25, 0.3) is 21.8 Å². The number of benzene rings is 3. The lowest BCUT2D eigenvalue weighted by Gasteiger charge is -2.30. The Kier molecular flexibility index (Phi) is 6.93. The first-order valence-electron chi connectivity index (χ1n) is 12.1. The van der Waals surface area contributed by atoms with Gasteiger partial charge in [-0.2, -0.15) is 13.2 Å². The highest BCUT2D eigenvalue weighted by Gasteiger charge is 2.38. The standard InChI is InChI=1S/C20H20F3N3O2S.C8H7N/c1-25-13-18(29(27,28)17-8-3-2-6-15(17)20(21,22)23)14-5-4-7-16(19(14)25)26-11-9-24-10-12-26;1-2-4-8-7(3-1)5-6-9-8/h2-8,13,24H,9-12H2,1H3;1-6,9H. The van der Waals surface area contributed by atoms with Crippen LogP contribution in [-0.2, 0) is 23.1 Å². The minimum atomic E-state index is -4.76. The van der Waals surface area contributed by atoms with Crippen molar-refractivity contribution in [2.24, 2.45) is 7.05 Å². The summed E-state index contributed by atoms with van der Waals surface area (Å²) >= 11 is 0. The number of hydrogen-bond donors (Lipinski definition) is 2. The summed E-state index contributed by atoms with van der Waals surface area (Å²) in [5.41, 5.74) is 1.61. The molecule has 1 aliphatic rings. The van der Waals surface area contributed by atoms with Gasteiger partial charge in [0.2, 0.25) is 9.84 Å². The molecule has 3 heterocycles. The third-order valence-electron chi connectivity index (χ3n) is 6.64. The van der Waals surface area contributed by atoms with Crippen LogP contribution in [0.5, 0.6) is 0 Å². The summed E-state index contributed by atoms with van der Waals surface area (Å²) in [4.78, 5) is 4.42. The summed E-state index contributed by atoms with van der Waals surface area (Å²) < 4.78 is 68.5. The van der Waals surface area contributed by atoms with Crippen molar-refractivity contribution in [2.45, 2.75) is 16.0 Å². The number of sulfone groups is 1. The molecule has 38 heavy (non-hydrogen) atoms. The third kappa shape index (κ3) is 4.89. The summed E-state index contributed by atoms with van der Waals surface area (Å²) in [6.45, 7) is 3.16. The Morgan fingerprint density at radius 1 is 0.842 bits per heavy atom. The highest BCUT2D eigenvalue weighted by molar-refractivity contribution is 7.91. The average molecular weight is 541 g/mol. The minimum absolute atomic E-state index is 0.122. The van der Waals surface area contributed by atoms with Gasteiger partial charge >= 0.3 is 6.18 Å². The van der Waals surface area contributed by atoms with E-state index in [9.17, 15) is 21.6 Å². The summed E-state index contributed by atoms with van der Waals surface area (Å²) in [5, 5.41) is 4.96. The van der Waals surface area contributed by atoms with Gasteiger partial charge in [0, 0.05) is 56.5 Å². The molecule has 198 valence electrons. The van der Waals surface area contributed by atoms with E-state index >= 15 is 0 Å². The molecule has 5 aromatic rings. The van der Waals surface area contributed by atoms with Crippen LogP contribution in [0.2, 0.25) is 0 Å². The van der Waals surface area contributed by atoms with Gasteiger partial charge in [-0.15, -0.1) is 0 Å². The third-order valence-corrected chi connectivity index (χ3v) is 8.47. The Morgan fingerprint density at radius 2 is 1.55 bits per heavy atom. The fourth-order valence-electron chi connectivity index (χ4n) is 4.83. The molecule has 10 heteroatoms. The second-order valence-electron chi connectivity index (χ2n) is 9.08. The number of H-pyrrole nitrogens is 1. The molecule has 3 aromatic carbocycles. The van der Waals surface area contributed by atoms with Crippen molar-refractivity contribution in [2.75, 3.05) is 31.1 Å². The van der Waals surface area contributed by atoms with Crippen LogP contribution in [0.4, 0.5) is 18.9 Å². The van der Waals surface area contributed by atoms with Gasteiger partial charge in [0.15, 0.2) is 0 Å². The van der Waals surface area contributed by atoms with Crippen LogP contribution in [0, 0.1) is 0 Å². The molecule has 6 nitrogen and oxygen atoms in total. The van der Waals surface area contributed by atoms with E-state index in [1.54, 1.807) is 23.7 Å². The smallest absolute Gasteiger partial charge is 0.367 e. The lowest BCUT2D eigenvalue weighted by atomic mass is 10.2. The fraction of sp³-hybridized carbons (Fsp3) is 0.214. The number of aromatic nitrogens is 2. The highest BCUT2D eigenvalue weighted by atomic mass is 32.2. The van der Waals surface area contributed by atoms with E-state index in [0.717, 1.165) is 44.0 Å². The molecular formula is C28H27F3N4O2S. The van der Waals surface area contributed by atoms with Crippen molar-refractivity contribution < 1.29 is 21.6 Å². The van der Waals surface area contributed by atoms with Gasteiger partial charge < -0.3 is 19.8 Å². The first-order valence-corrected chi connectivity index (χ1v) is 13.6. The number of rotatable bonds is 3. The summed E-state index contributed by atoms with van der Waals surface area (Å²) in [6, 6.07) is 19.9. The number of piperazine rings is 1. The van der Waals surface area contributed by atoms with Gasteiger partial charge in [0.05, 0.1) is 26.6 Å². The number of halogens is 3. The van der Waals surface area contributed by atoms with Crippen LogP contribution in [0.1, 0.15) is 5.56 Å². The van der Waals surface area contributed by atoms with Gasteiger partial charge in [-0.25, -0.2) is 8.42 Å². The van der Waals surface area contributed by atoms with E-state index in [1.165, 1.54) is 29.2 Å². The fourth-order valence-corrected chi connectivity index (χ4v) is 6.55. The SMILES string of the molecule is Cn1cc(S(=O)(=O)c2ccccc2C(F)(F)F)c2cccc(N3CCNCC3)c21.c1ccc2[nH]ccc2c1. The van der Waals surface area contributed by atoms with Crippen molar-refractivity contribution in [3.05, 3.63) is 90.8 Å². The highest BCUT2D eigenvalue weighted by Crippen LogP contribution is 2.39. The van der Waals surface area contributed by atoms with E-state index in [2.05, 4.69) is 33.4 Å². The van der Waals surface area contributed by atoms with E-state index in [4.69, 9.17) is 0 Å². The number of hydrogen-bond acceptors (Lipinski definition) is 4. The number of para-hydroxylation sites is 2. The largest absolute Gasteiger partial charge is 0.417 e. The van der Waals surface area contributed by atoms with Crippen molar-refractivity contribution in [1.82, 2.24) is 14.9 Å². The molecule has 1 aliphatic heterocycles. The maximum atomic E-state index is 13.4. The Bertz CT molecular complexity index is 1650. The molecule has 1 fully saturated rings. The molecule has 0 atom stereocenters. The molecule has 6 rings (SSSR count). The van der Waals surface area contributed by atoms with Crippen LogP contribution in [0.15, 0.2) is 95.0 Å². The topological polar surface area (TPSA) is 70.1 Å². The van der Waals surface area contributed by atoms with Crippen LogP contribution < -0.4 is 10.2 Å². The van der Waals surface area contributed by atoms with Crippen molar-refractivity contribution >= 4 is 37.3 Å². The predicted octanol–water partition coefficient (Wildman–Crippen LogP) is 5.61. The van der Waals surface area contributed by atoms with E-state index in [1.807, 2.05) is 24.4 Å². The van der Waals surface area contributed by atoms with Crippen LogP contribution >= 0.6 is 0 Å². The summed E-state index contributed by atoms with van der Waals surface area (Å²) in [7, 11) is -2.67. The number of aryl methyl sites for hydroxylation is 1. The molecule has 0 aliphatic carbocycles. The second-order valence-corrected chi connectivity index (χ2v) is 11.0. The van der Waals surface area contributed by atoms with Gasteiger partial charge in [-0.3, -0.25) is 0 Å². The van der Waals surface area contributed by atoms with Crippen molar-refractivity contribution in [1.29, 1.82) is 0 Å². The monoisotopic (exact) mass is 540 g/mol. The minimum Gasteiger partial charge on any atom is -0.367 e. The molecular weight excluding hydrogens is 513 g/mol. The predicted molar refractivity (Wildman–Crippen MR) is 143 cm³/mol. The Hall–Kier alpha value is -3.76. The number of nitrogens with zero attached hydrogens (tertiary/aromatic N) is 2. The molecule has 0 saturated carbocycles. The maximum absolute atomic E-state index is 13.4. The molecule has 0 unspecified atom stereocenters. The lowest BCUT2D eigenvalue weighted by molar-refractivity contribution is -0.139. The van der Waals surface area contributed by atoms with Crippen molar-refractivity contribution in [3.8, 4) is 0 Å². The molecule has 0 amide bonds. The van der Waals surface area contributed by atoms with Crippen LogP contribution in [0.3, 0.4) is 0 Å². The number of fused-ring (bicyclic) bond motifs is 2. The normalized spacial score (nSPS) is 14.5. The van der Waals surface area contributed by atoms with Gasteiger partial charge in [-0.1, -0.05) is 42.5 Å². The van der Waals surface area contributed by atoms with E-state index < -0.39 is 26.5 Å². The molecule has 1 saturated heterocycles. The Balaban J connectivity index is 0.000000273. The van der Waals surface area contributed by atoms with Gasteiger partial charge in [0.1, 0.15) is 0 Å². The van der Waals surface area contributed by atoms with E-state index in [0.29, 0.717) is 10.9 Å². The number of aromatic amines is 1. The van der Waals surface area contributed by atoms with Crippen molar-refractivity contribution in [3.63, 3.8) is 0 Å². The molecule has 0 bridgehead atoms. The zero-order valence-electron chi connectivity index (χ0n) is 20.7. The second kappa shape index (κ2) is 10.2. The van der Waals surface area contributed by atoms with E-state index in [-0.39, 0.29) is 4.90 Å². The number of anilines is 1. The quantitative estimate of drug-likeness (QED) is 0.312. The van der Waals surface area contributed by atoms with Gasteiger partial charge in [0.25, 0.3) is 0 Å². The number of alkyl halides is 3. The van der Waals surface area contributed by atoms with Gasteiger partial charge in [-0.05, 0) is 35.7 Å². The zero-order chi connectivity index (χ0) is 26.9. The molecule has 0 radical (unpaired) electrons. The Morgan fingerprint density at radius 3 is 2.29 bits per heavy atom. The van der Waals surface area contributed by atoms with Crippen LogP contribution in [-0.4, -0.2) is 44.1 Å². The molecule has 0 spiro atoms. The summed E-state index contributed by atoms with van der Waals surface area (Å²) in [6.07, 6.45) is -1.41. The average Bonchev–Trinajstić information content (AvgIpc) is 3.54. The first-order chi connectivity index (χ1) is 18.2. The lowest BCUT2D eigenvalue weighted by Crippen LogP contribution is -2.43. The summed E-state index contributed by atoms with van der Waals surface area (Å²) in [5.74, 6) is 0.